The highest BCUT2D eigenvalue weighted by Gasteiger charge is 2.13. The van der Waals surface area contributed by atoms with Crippen molar-refractivity contribution in [1.82, 2.24) is 0 Å². The van der Waals surface area contributed by atoms with Crippen LogP contribution in [0.4, 0.5) is 0 Å². The van der Waals surface area contributed by atoms with Gasteiger partial charge in [-0.1, -0.05) is 34.3 Å². The van der Waals surface area contributed by atoms with Gasteiger partial charge in [0.05, 0.1) is 0 Å². The molecule has 0 aliphatic heterocycles. The second kappa shape index (κ2) is 8.79. The van der Waals surface area contributed by atoms with Crippen molar-refractivity contribution >= 4 is 5.76 Å². The predicted molar refractivity (Wildman–Crippen MR) is 84.5 cm³/mol. The molecule has 1 aromatic rings. The fourth-order valence-corrected chi connectivity index (χ4v) is 1.93. The molecule has 0 bridgehead atoms. The molecule has 0 amide bonds. The largest absolute Gasteiger partial charge is 0.508 e. The predicted octanol–water partition coefficient (Wildman–Crippen LogP) is 5.81. The number of aliphatic hydroxyl groups is 1. The minimum absolute atomic E-state index is 0.172. The zero-order valence-corrected chi connectivity index (χ0v) is 13.7. The van der Waals surface area contributed by atoms with Crippen molar-refractivity contribution in [3.05, 3.63) is 40.0 Å². The summed E-state index contributed by atoms with van der Waals surface area (Å²) in [5, 5.41) is 9.53. The fourth-order valence-electron chi connectivity index (χ4n) is 1.93. The first-order valence-electron chi connectivity index (χ1n) is 6.83. The van der Waals surface area contributed by atoms with Gasteiger partial charge in [0.1, 0.15) is 5.76 Å². The summed E-state index contributed by atoms with van der Waals surface area (Å²) in [6.07, 6.45) is 0. The highest BCUT2D eigenvalue weighted by molar-refractivity contribution is 5.67. The van der Waals surface area contributed by atoms with Crippen LogP contribution in [-0.2, 0) is 0 Å². The molecule has 0 saturated carbocycles. The Morgan fingerprint density at radius 1 is 0.667 bits per heavy atom. The zero-order chi connectivity index (χ0) is 15.0. The second-order valence-corrected chi connectivity index (χ2v) is 3.95. The summed E-state index contributed by atoms with van der Waals surface area (Å²) in [4.78, 5) is 0. The van der Waals surface area contributed by atoms with Crippen molar-refractivity contribution < 1.29 is 5.11 Å². The molecular weight excluding hydrogens is 220 g/mol. The first-order valence-corrected chi connectivity index (χ1v) is 6.83. The molecule has 104 valence electrons. The Morgan fingerprint density at radius 2 is 0.889 bits per heavy atom. The Balaban J connectivity index is 0. The first kappa shape index (κ1) is 19.1. The molecule has 0 heterocycles. The summed E-state index contributed by atoms with van der Waals surface area (Å²) in [5.41, 5.74) is 6.99. The van der Waals surface area contributed by atoms with Crippen molar-refractivity contribution in [3.63, 3.8) is 0 Å². The normalized spacial score (nSPS) is 8.72. The van der Waals surface area contributed by atoms with Gasteiger partial charge in [-0.3, -0.25) is 0 Å². The number of hydrogen-bond donors (Lipinski definition) is 1. The van der Waals surface area contributed by atoms with Gasteiger partial charge in [-0.05, 0) is 62.4 Å². The van der Waals surface area contributed by atoms with Gasteiger partial charge in [-0.25, -0.2) is 0 Å². The lowest BCUT2D eigenvalue weighted by atomic mass is 9.89. The first-order chi connectivity index (χ1) is 8.37. The Hall–Kier alpha value is -1.24. The SMILES string of the molecule is C=C(O)c1c(C)c(C)c(C)c(C)c1C.CC.CC. The molecule has 1 N–H and O–H groups in total. The van der Waals surface area contributed by atoms with E-state index in [0.29, 0.717) is 0 Å². The molecule has 0 saturated heterocycles. The average Bonchev–Trinajstić information content (AvgIpc) is 2.38. The molecule has 0 atom stereocenters. The van der Waals surface area contributed by atoms with Crippen LogP contribution in [0.3, 0.4) is 0 Å². The van der Waals surface area contributed by atoms with E-state index in [1.54, 1.807) is 0 Å². The third-order valence-corrected chi connectivity index (χ3v) is 3.29. The number of aliphatic hydroxyl groups excluding tert-OH is 1. The van der Waals surface area contributed by atoms with Gasteiger partial charge in [0, 0.05) is 5.56 Å². The monoisotopic (exact) mass is 250 g/mol. The lowest BCUT2D eigenvalue weighted by Gasteiger charge is -2.17. The molecule has 0 spiro atoms. The Kier molecular flexibility index (Phi) is 9.33. The zero-order valence-electron chi connectivity index (χ0n) is 13.7. The molecular formula is C17H30O. The molecule has 0 unspecified atom stereocenters. The smallest absolute Gasteiger partial charge is 0.116 e. The van der Waals surface area contributed by atoms with Crippen LogP contribution in [0, 0.1) is 34.6 Å². The van der Waals surface area contributed by atoms with E-state index in [2.05, 4.69) is 27.4 Å². The maximum atomic E-state index is 9.53. The van der Waals surface area contributed by atoms with Crippen molar-refractivity contribution in [2.24, 2.45) is 0 Å². The highest BCUT2D eigenvalue weighted by Crippen LogP contribution is 2.29. The molecule has 0 aliphatic carbocycles. The van der Waals surface area contributed by atoms with Crippen LogP contribution in [0.5, 0.6) is 0 Å². The molecule has 1 heteroatoms. The quantitative estimate of drug-likeness (QED) is 0.623. The van der Waals surface area contributed by atoms with Gasteiger partial charge >= 0.3 is 0 Å². The Labute approximate surface area is 114 Å². The van der Waals surface area contributed by atoms with Gasteiger partial charge in [0.2, 0.25) is 0 Å². The topological polar surface area (TPSA) is 20.2 Å². The molecule has 18 heavy (non-hydrogen) atoms. The molecule has 1 aromatic carbocycles. The summed E-state index contributed by atoms with van der Waals surface area (Å²) in [5.74, 6) is 0.172. The lowest BCUT2D eigenvalue weighted by Crippen LogP contribution is -2.01. The minimum Gasteiger partial charge on any atom is -0.508 e. The minimum atomic E-state index is 0.172. The summed E-state index contributed by atoms with van der Waals surface area (Å²) < 4.78 is 0. The van der Waals surface area contributed by atoms with E-state index in [1.807, 2.05) is 41.5 Å². The van der Waals surface area contributed by atoms with Crippen LogP contribution in [0.2, 0.25) is 0 Å². The van der Waals surface area contributed by atoms with Crippen molar-refractivity contribution in [2.45, 2.75) is 62.3 Å². The van der Waals surface area contributed by atoms with Crippen LogP contribution in [0.15, 0.2) is 6.58 Å². The van der Waals surface area contributed by atoms with E-state index < -0.39 is 0 Å². The van der Waals surface area contributed by atoms with E-state index in [0.717, 1.165) is 16.7 Å². The number of hydrogen-bond acceptors (Lipinski definition) is 1. The van der Waals surface area contributed by atoms with E-state index in [4.69, 9.17) is 0 Å². The third kappa shape index (κ3) is 3.90. The summed E-state index contributed by atoms with van der Waals surface area (Å²) in [6, 6.07) is 0. The van der Waals surface area contributed by atoms with E-state index in [9.17, 15) is 5.11 Å². The number of rotatable bonds is 1. The van der Waals surface area contributed by atoms with Gasteiger partial charge in [0.25, 0.3) is 0 Å². The van der Waals surface area contributed by atoms with Gasteiger partial charge < -0.3 is 5.11 Å². The Morgan fingerprint density at radius 3 is 1.11 bits per heavy atom. The van der Waals surface area contributed by atoms with E-state index in [-0.39, 0.29) is 5.76 Å². The van der Waals surface area contributed by atoms with Crippen molar-refractivity contribution in [1.29, 1.82) is 0 Å². The van der Waals surface area contributed by atoms with E-state index in [1.165, 1.54) is 16.7 Å². The van der Waals surface area contributed by atoms with Gasteiger partial charge in [-0.15, -0.1) is 0 Å². The van der Waals surface area contributed by atoms with Gasteiger partial charge in [-0.2, -0.15) is 0 Å². The summed E-state index contributed by atoms with van der Waals surface area (Å²) in [7, 11) is 0. The third-order valence-electron chi connectivity index (χ3n) is 3.29. The molecule has 1 rings (SSSR count). The summed E-state index contributed by atoms with van der Waals surface area (Å²) in [6.45, 7) is 22.0. The van der Waals surface area contributed by atoms with Crippen molar-refractivity contribution in [2.75, 3.05) is 0 Å². The molecule has 0 fully saturated rings. The van der Waals surface area contributed by atoms with Crippen LogP contribution in [0.1, 0.15) is 61.1 Å². The average molecular weight is 250 g/mol. The fraction of sp³-hybridized carbons (Fsp3) is 0.529. The number of benzene rings is 1. The Bertz CT molecular complexity index is 372. The maximum Gasteiger partial charge on any atom is 0.116 e. The molecule has 0 aliphatic rings. The van der Waals surface area contributed by atoms with Crippen LogP contribution >= 0.6 is 0 Å². The standard InChI is InChI=1S/C13H18O.2C2H6/c1-7-8(2)10(4)13(12(6)14)11(5)9(7)3;2*1-2/h14H,6H2,1-5H3;2*1-2H3. The van der Waals surface area contributed by atoms with Crippen LogP contribution in [0.25, 0.3) is 5.76 Å². The molecule has 0 aromatic heterocycles. The van der Waals surface area contributed by atoms with Crippen molar-refractivity contribution in [3.8, 4) is 0 Å². The lowest BCUT2D eigenvalue weighted by molar-refractivity contribution is 0.512. The van der Waals surface area contributed by atoms with Crippen LogP contribution in [-0.4, -0.2) is 5.11 Å². The highest BCUT2D eigenvalue weighted by atomic mass is 16.3. The van der Waals surface area contributed by atoms with E-state index >= 15 is 0 Å². The second-order valence-electron chi connectivity index (χ2n) is 3.95. The molecule has 1 nitrogen and oxygen atoms in total. The summed E-state index contributed by atoms with van der Waals surface area (Å²) >= 11 is 0. The van der Waals surface area contributed by atoms with Crippen LogP contribution < -0.4 is 0 Å². The van der Waals surface area contributed by atoms with Gasteiger partial charge in [0.15, 0.2) is 0 Å². The molecule has 0 radical (unpaired) electrons. The maximum absolute atomic E-state index is 9.53.